The molecule has 0 radical (unpaired) electrons. The molecule has 0 amide bonds. The second-order valence-electron chi connectivity index (χ2n) is 5.02. The van der Waals surface area contributed by atoms with E-state index < -0.39 is 11.6 Å². The lowest BCUT2D eigenvalue weighted by Gasteiger charge is -2.12. The maximum absolute atomic E-state index is 13.5. The van der Waals surface area contributed by atoms with E-state index in [0.29, 0.717) is 24.5 Å². The predicted octanol–water partition coefficient (Wildman–Crippen LogP) is 3.03. The van der Waals surface area contributed by atoms with Crippen molar-refractivity contribution in [3.63, 3.8) is 0 Å². The highest BCUT2D eigenvalue weighted by Gasteiger charge is 2.23. The van der Waals surface area contributed by atoms with E-state index in [1.54, 1.807) is 6.07 Å². The fourth-order valence-corrected chi connectivity index (χ4v) is 1.78. The summed E-state index contributed by atoms with van der Waals surface area (Å²) in [6.45, 7) is 2.44. The molecule has 0 bridgehead atoms. The third kappa shape index (κ3) is 3.42. The average molecular weight is 255 g/mol. The maximum atomic E-state index is 13.5. The van der Waals surface area contributed by atoms with Gasteiger partial charge in [-0.05, 0) is 49.3 Å². The van der Waals surface area contributed by atoms with E-state index in [9.17, 15) is 8.78 Å². The van der Waals surface area contributed by atoms with Crippen molar-refractivity contribution in [2.45, 2.75) is 38.6 Å². The molecule has 1 fully saturated rings. The first-order chi connectivity index (χ1) is 8.60. The first-order valence-electron chi connectivity index (χ1n) is 6.46. The van der Waals surface area contributed by atoms with Crippen molar-refractivity contribution in [3.8, 4) is 5.75 Å². The van der Waals surface area contributed by atoms with Crippen LogP contribution in [-0.4, -0.2) is 12.6 Å². The SMILES string of the molecule is CCC(N)Cc1cc(F)c(F)c(OCC2CC2)c1. The van der Waals surface area contributed by atoms with Crippen LogP contribution in [0.3, 0.4) is 0 Å². The lowest BCUT2D eigenvalue weighted by Crippen LogP contribution is -2.21. The highest BCUT2D eigenvalue weighted by molar-refractivity contribution is 5.32. The Bertz CT molecular complexity index is 419. The Kier molecular flexibility index (Phi) is 4.17. The average Bonchev–Trinajstić information content (AvgIpc) is 3.15. The van der Waals surface area contributed by atoms with Gasteiger partial charge < -0.3 is 10.5 Å². The summed E-state index contributed by atoms with van der Waals surface area (Å²) in [4.78, 5) is 0. The maximum Gasteiger partial charge on any atom is 0.200 e. The van der Waals surface area contributed by atoms with Crippen molar-refractivity contribution in [2.24, 2.45) is 11.7 Å². The lowest BCUT2D eigenvalue weighted by molar-refractivity contribution is 0.279. The minimum Gasteiger partial charge on any atom is -0.490 e. The molecular weight excluding hydrogens is 236 g/mol. The van der Waals surface area contributed by atoms with E-state index in [4.69, 9.17) is 10.5 Å². The molecule has 0 saturated heterocycles. The Morgan fingerprint density at radius 1 is 1.39 bits per heavy atom. The van der Waals surface area contributed by atoms with Gasteiger partial charge >= 0.3 is 0 Å². The van der Waals surface area contributed by atoms with Gasteiger partial charge in [-0.25, -0.2) is 4.39 Å². The topological polar surface area (TPSA) is 35.2 Å². The first kappa shape index (κ1) is 13.3. The molecule has 1 aromatic carbocycles. The van der Waals surface area contributed by atoms with Crippen molar-refractivity contribution in [1.29, 1.82) is 0 Å². The van der Waals surface area contributed by atoms with Crippen LogP contribution in [0.15, 0.2) is 12.1 Å². The Morgan fingerprint density at radius 3 is 2.72 bits per heavy atom. The molecule has 18 heavy (non-hydrogen) atoms. The number of ether oxygens (including phenoxy) is 1. The van der Waals surface area contributed by atoms with E-state index in [2.05, 4.69) is 0 Å². The van der Waals surface area contributed by atoms with Crippen LogP contribution >= 0.6 is 0 Å². The Labute approximate surface area is 106 Å². The third-order valence-electron chi connectivity index (χ3n) is 3.25. The van der Waals surface area contributed by atoms with Gasteiger partial charge in [0.2, 0.25) is 5.82 Å². The van der Waals surface area contributed by atoms with Crippen molar-refractivity contribution < 1.29 is 13.5 Å². The molecule has 0 aliphatic heterocycles. The van der Waals surface area contributed by atoms with Crippen molar-refractivity contribution in [2.75, 3.05) is 6.61 Å². The summed E-state index contributed by atoms with van der Waals surface area (Å²) in [6, 6.07) is 2.73. The fraction of sp³-hybridized carbons (Fsp3) is 0.571. The molecule has 4 heteroatoms. The minimum absolute atomic E-state index is 0.0141. The van der Waals surface area contributed by atoms with Crippen LogP contribution in [0.1, 0.15) is 31.7 Å². The minimum atomic E-state index is -0.899. The fourth-order valence-electron chi connectivity index (χ4n) is 1.78. The molecule has 0 spiro atoms. The molecule has 1 unspecified atom stereocenters. The molecule has 2 nitrogen and oxygen atoms in total. The molecule has 1 aliphatic rings. The van der Waals surface area contributed by atoms with Gasteiger partial charge in [-0.1, -0.05) is 6.92 Å². The Balaban J connectivity index is 2.10. The normalized spacial score (nSPS) is 16.7. The summed E-state index contributed by atoms with van der Waals surface area (Å²) in [5, 5.41) is 0. The molecular formula is C14H19F2NO. The van der Waals surface area contributed by atoms with Gasteiger partial charge in [0.1, 0.15) is 0 Å². The van der Waals surface area contributed by atoms with Crippen LogP contribution in [0.25, 0.3) is 0 Å². The molecule has 1 saturated carbocycles. The third-order valence-corrected chi connectivity index (χ3v) is 3.25. The summed E-state index contributed by atoms with van der Waals surface area (Å²) in [5.74, 6) is -1.24. The van der Waals surface area contributed by atoms with E-state index in [1.165, 1.54) is 6.07 Å². The van der Waals surface area contributed by atoms with Crippen LogP contribution in [-0.2, 0) is 6.42 Å². The number of nitrogens with two attached hydrogens (primary N) is 1. The molecule has 0 heterocycles. The van der Waals surface area contributed by atoms with Gasteiger partial charge in [0, 0.05) is 6.04 Å². The van der Waals surface area contributed by atoms with E-state index in [0.717, 1.165) is 19.3 Å². The van der Waals surface area contributed by atoms with Crippen molar-refractivity contribution in [1.82, 2.24) is 0 Å². The number of halogens is 2. The molecule has 2 rings (SSSR count). The smallest absolute Gasteiger partial charge is 0.200 e. The number of benzene rings is 1. The lowest BCUT2D eigenvalue weighted by atomic mass is 10.0. The van der Waals surface area contributed by atoms with Gasteiger partial charge in [-0.15, -0.1) is 0 Å². The number of hydrogen-bond donors (Lipinski definition) is 1. The highest BCUT2D eigenvalue weighted by Crippen LogP contribution is 2.31. The standard InChI is InChI=1S/C14H19F2NO/c1-2-11(17)5-10-6-12(15)14(16)13(7-10)18-8-9-3-4-9/h6-7,9,11H,2-5,8,17H2,1H3. The zero-order valence-electron chi connectivity index (χ0n) is 10.6. The Hall–Kier alpha value is -1.16. The Morgan fingerprint density at radius 2 is 2.11 bits per heavy atom. The van der Waals surface area contributed by atoms with Crippen molar-refractivity contribution >= 4 is 0 Å². The van der Waals surface area contributed by atoms with Crippen LogP contribution in [0.2, 0.25) is 0 Å². The van der Waals surface area contributed by atoms with Gasteiger partial charge in [0.25, 0.3) is 0 Å². The molecule has 2 N–H and O–H groups in total. The van der Waals surface area contributed by atoms with Gasteiger partial charge in [0.05, 0.1) is 6.61 Å². The second kappa shape index (κ2) is 5.65. The van der Waals surface area contributed by atoms with E-state index in [-0.39, 0.29) is 11.8 Å². The quantitative estimate of drug-likeness (QED) is 0.848. The number of hydrogen-bond acceptors (Lipinski definition) is 2. The van der Waals surface area contributed by atoms with Gasteiger partial charge in [-0.2, -0.15) is 4.39 Å². The summed E-state index contributed by atoms with van der Waals surface area (Å²) in [5.41, 5.74) is 6.51. The largest absolute Gasteiger partial charge is 0.490 e. The van der Waals surface area contributed by atoms with Gasteiger partial charge in [0.15, 0.2) is 11.6 Å². The molecule has 1 aliphatic carbocycles. The highest BCUT2D eigenvalue weighted by atomic mass is 19.2. The summed E-state index contributed by atoms with van der Waals surface area (Å²) in [6.07, 6.45) is 3.57. The molecule has 100 valence electrons. The molecule has 1 atom stereocenters. The monoisotopic (exact) mass is 255 g/mol. The van der Waals surface area contributed by atoms with Crippen LogP contribution < -0.4 is 10.5 Å². The zero-order valence-corrected chi connectivity index (χ0v) is 10.6. The first-order valence-corrected chi connectivity index (χ1v) is 6.46. The van der Waals surface area contributed by atoms with Gasteiger partial charge in [-0.3, -0.25) is 0 Å². The molecule has 1 aromatic rings. The summed E-state index contributed by atoms with van der Waals surface area (Å²) < 4.78 is 32.3. The second-order valence-corrected chi connectivity index (χ2v) is 5.02. The zero-order chi connectivity index (χ0) is 13.1. The van der Waals surface area contributed by atoms with E-state index >= 15 is 0 Å². The predicted molar refractivity (Wildman–Crippen MR) is 66.5 cm³/mol. The summed E-state index contributed by atoms with van der Waals surface area (Å²) in [7, 11) is 0. The van der Waals surface area contributed by atoms with Crippen LogP contribution in [0, 0.1) is 17.6 Å². The molecule has 0 aromatic heterocycles. The van der Waals surface area contributed by atoms with Crippen LogP contribution in [0.4, 0.5) is 8.78 Å². The number of rotatable bonds is 6. The van der Waals surface area contributed by atoms with Crippen molar-refractivity contribution in [3.05, 3.63) is 29.3 Å². The summed E-state index contributed by atoms with van der Waals surface area (Å²) >= 11 is 0. The van der Waals surface area contributed by atoms with Crippen LogP contribution in [0.5, 0.6) is 5.75 Å². The van der Waals surface area contributed by atoms with E-state index in [1.807, 2.05) is 6.92 Å².